The van der Waals surface area contributed by atoms with Crippen LogP contribution in [0, 0.1) is 6.57 Å². The van der Waals surface area contributed by atoms with Crippen LogP contribution in [-0.2, 0) is 0 Å². The Bertz CT molecular complexity index is 5440. The van der Waals surface area contributed by atoms with Crippen molar-refractivity contribution in [3.63, 3.8) is 0 Å². The Morgan fingerprint density at radius 3 is 1.14 bits per heavy atom. The Labute approximate surface area is 557 Å². The highest BCUT2D eigenvalue weighted by atomic mass is 15.2. The van der Waals surface area contributed by atoms with Crippen molar-refractivity contribution in [2.75, 3.05) is 9.80 Å². The number of hydrogen-bond donors (Lipinski definition) is 0. The molecule has 446 valence electrons. The average Bonchev–Trinajstić information content (AvgIpc) is 0.794. The quantitative estimate of drug-likeness (QED) is 0.0954. The fourth-order valence-electron chi connectivity index (χ4n) is 14.5. The third kappa shape index (κ3) is 9.64. The maximum absolute atomic E-state index is 8.37. The topological polar surface area (TPSA) is 54.4 Å². The molecule has 0 amide bonds. The van der Waals surface area contributed by atoms with Gasteiger partial charge in [0.25, 0.3) is 6.71 Å². The number of hydrogen-bond acceptors (Lipinski definition) is 5. The first kappa shape index (κ1) is 55.9. The van der Waals surface area contributed by atoms with E-state index in [1.54, 1.807) is 0 Å². The number of aromatic nitrogens is 4. The smallest absolute Gasteiger partial charge is 0.252 e. The molecule has 2 aromatic heterocycles. The largest absolute Gasteiger partial charge is 0.311 e. The molecule has 4 heterocycles. The zero-order chi connectivity index (χ0) is 63.6. The zero-order valence-corrected chi connectivity index (χ0v) is 52.0. The molecule has 0 aliphatic carbocycles. The molecule has 0 bridgehead atoms. The SMILES string of the molecule is [C-]#[N+]c1ccc(-c2nc(-c3ccccc3)nc(-c3ccccc3)n2)c(-n2c3ccccc3c3cc(-c4cc5c6c(c4)N(c4ccc(-c7ccccc7)cc4)c4ccc(-c7ccccc7)cc4B6c4cc(-c6ccccc6)ccc4N5c4ccc(-c5ccccc5)cc4)ccc32)c1. The van der Waals surface area contributed by atoms with E-state index in [1.807, 2.05) is 78.9 Å². The molecule has 0 spiro atoms. The molecule has 2 aliphatic heterocycles. The van der Waals surface area contributed by atoms with E-state index in [0.717, 1.165) is 112 Å². The predicted molar refractivity (Wildman–Crippen MR) is 398 cm³/mol. The van der Waals surface area contributed by atoms with Crippen molar-refractivity contribution in [2.45, 2.75) is 0 Å². The van der Waals surface area contributed by atoms with Crippen molar-refractivity contribution in [2.24, 2.45) is 0 Å². The molecule has 16 aromatic rings. The highest BCUT2D eigenvalue weighted by Crippen LogP contribution is 2.49. The third-order valence-corrected chi connectivity index (χ3v) is 19.0. The second-order valence-electron chi connectivity index (χ2n) is 24.6. The standard InChI is InChI=1S/C88H56BN7/c1-90-70-43-48-74(88-92-86(64-30-16-6-17-31-64)91-87(93-88)65-32-18-7-19-33-65)82(57-70)96-78-35-21-20-34-73(78)75-52-66(40-49-79(75)96)69-55-83-85-84(56-69)95(72-46-38-63(39-47-72)59-24-10-3-11-25-59)81-51-42-68(61-28-14-5-15-29-61)54-77(81)89(85)76-53-67(60-26-12-4-13-27-60)41-50-80(76)94(83)71-44-36-62(37-45-71)58-22-8-2-9-23-58/h2-57H. The fourth-order valence-corrected chi connectivity index (χ4v) is 14.5. The van der Waals surface area contributed by atoms with Gasteiger partial charge in [-0.3, -0.25) is 0 Å². The maximum Gasteiger partial charge on any atom is 0.252 e. The van der Waals surface area contributed by atoms with E-state index >= 15 is 0 Å². The van der Waals surface area contributed by atoms with Gasteiger partial charge in [-0.05, 0) is 145 Å². The Hall–Kier alpha value is -13.0. The number of benzene rings is 14. The van der Waals surface area contributed by atoms with Crippen LogP contribution in [0.25, 0.3) is 122 Å². The molecule has 18 rings (SSSR count). The summed E-state index contributed by atoms with van der Waals surface area (Å²) in [5, 5.41) is 2.14. The number of rotatable bonds is 11. The van der Waals surface area contributed by atoms with Crippen LogP contribution in [0.3, 0.4) is 0 Å². The van der Waals surface area contributed by atoms with Gasteiger partial charge in [-0.1, -0.05) is 267 Å². The zero-order valence-electron chi connectivity index (χ0n) is 52.0. The number of fused-ring (bicyclic) bond motifs is 7. The first-order valence-electron chi connectivity index (χ1n) is 32.5. The fraction of sp³-hybridized carbons (Fsp3) is 0. The Morgan fingerprint density at radius 2 is 0.656 bits per heavy atom. The van der Waals surface area contributed by atoms with Crippen molar-refractivity contribution >= 4 is 84.7 Å². The highest BCUT2D eigenvalue weighted by molar-refractivity contribution is 7.00. The van der Waals surface area contributed by atoms with Crippen LogP contribution in [0.2, 0.25) is 0 Å². The first-order chi connectivity index (χ1) is 47.5. The van der Waals surface area contributed by atoms with Gasteiger partial charge in [0.15, 0.2) is 23.2 Å². The average molecular weight is 1220 g/mol. The molecular formula is C88H56BN7. The molecular weight excluding hydrogens is 1170 g/mol. The van der Waals surface area contributed by atoms with E-state index in [9.17, 15) is 0 Å². The summed E-state index contributed by atoms with van der Waals surface area (Å²) >= 11 is 0. The van der Waals surface area contributed by atoms with E-state index in [4.69, 9.17) is 21.5 Å². The van der Waals surface area contributed by atoms with Gasteiger partial charge in [-0.15, -0.1) is 0 Å². The van der Waals surface area contributed by atoms with E-state index < -0.39 is 0 Å². The van der Waals surface area contributed by atoms with Crippen molar-refractivity contribution in [1.29, 1.82) is 0 Å². The van der Waals surface area contributed by atoms with Crippen LogP contribution in [0.4, 0.5) is 39.8 Å². The second-order valence-corrected chi connectivity index (χ2v) is 24.6. The summed E-state index contributed by atoms with van der Waals surface area (Å²) in [5.41, 5.74) is 27.5. The minimum absolute atomic E-state index is 0.168. The lowest BCUT2D eigenvalue weighted by molar-refractivity contribution is 1.06. The summed E-state index contributed by atoms with van der Waals surface area (Å²) in [4.78, 5) is 24.6. The molecule has 0 fully saturated rings. The van der Waals surface area contributed by atoms with Crippen molar-refractivity contribution in [3.05, 3.63) is 351 Å². The summed E-state index contributed by atoms with van der Waals surface area (Å²) in [6.07, 6.45) is 0. The lowest BCUT2D eigenvalue weighted by Crippen LogP contribution is -2.61. The van der Waals surface area contributed by atoms with Crippen LogP contribution >= 0.6 is 0 Å². The molecule has 0 saturated carbocycles. The normalized spacial score (nSPS) is 12.1. The third-order valence-electron chi connectivity index (χ3n) is 19.0. The molecule has 2 aliphatic rings. The van der Waals surface area contributed by atoms with Gasteiger partial charge in [-0.25, -0.2) is 19.8 Å². The summed E-state index contributed by atoms with van der Waals surface area (Å²) < 4.78 is 2.29. The van der Waals surface area contributed by atoms with Gasteiger partial charge >= 0.3 is 0 Å². The van der Waals surface area contributed by atoms with E-state index in [-0.39, 0.29) is 6.71 Å². The van der Waals surface area contributed by atoms with Crippen LogP contribution in [0.15, 0.2) is 340 Å². The van der Waals surface area contributed by atoms with Crippen molar-refractivity contribution < 1.29 is 0 Å². The van der Waals surface area contributed by atoms with E-state index in [0.29, 0.717) is 23.2 Å². The minimum atomic E-state index is -0.168. The maximum atomic E-state index is 8.37. The second kappa shape index (κ2) is 23.3. The highest BCUT2D eigenvalue weighted by Gasteiger charge is 2.44. The number of nitrogens with zero attached hydrogens (tertiary/aromatic N) is 7. The van der Waals surface area contributed by atoms with Gasteiger partial charge in [-0.2, -0.15) is 0 Å². The van der Waals surface area contributed by atoms with Crippen LogP contribution < -0.4 is 26.2 Å². The molecule has 96 heavy (non-hydrogen) atoms. The minimum Gasteiger partial charge on any atom is -0.311 e. The Morgan fingerprint density at radius 1 is 0.271 bits per heavy atom. The molecule has 7 nitrogen and oxygen atoms in total. The lowest BCUT2D eigenvalue weighted by Gasteiger charge is -2.44. The van der Waals surface area contributed by atoms with Gasteiger partial charge < -0.3 is 14.4 Å². The summed E-state index contributed by atoms with van der Waals surface area (Å²) in [7, 11) is 0. The molecule has 0 atom stereocenters. The predicted octanol–water partition coefficient (Wildman–Crippen LogP) is 20.9. The first-order valence-corrected chi connectivity index (χ1v) is 32.5. The monoisotopic (exact) mass is 1220 g/mol. The van der Waals surface area contributed by atoms with Gasteiger partial charge in [0.1, 0.15) is 0 Å². The summed E-state index contributed by atoms with van der Waals surface area (Å²) in [6, 6.07) is 122. The van der Waals surface area contributed by atoms with E-state index in [1.165, 1.54) is 38.6 Å². The van der Waals surface area contributed by atoms with Gasteiger partial charge in [0.05, 0.1) is 17.6 Å². The van der Waals surface area contributed by atoms with Crippen LogP contribution in [-0.4, -0.2) is 26.2 Å². The molecule has 0 radical (unpaired) electrons. The molecule has 0 N–H and O–H groups in total. The van der Waals surface area contributed by atoms with Crippen molar-refractivity contribution in [1.82, 2.24) is 19.5 Å². The Kier molecular flexibility index (Phi) is 13.6. The molecule has 14 aromatic carbocycles. The van der Waals surface area contributed by atoms with E-state index in [2.05, 4.69) is 280 Å². The Balaban J connectivity index is 0.883. The molecule has 8 heteroatoms. The van der Waals surface area contributed by atoms with Crippen LogP contribution in [0.1, 0.15) is 0 Å². The summed E-state index contributed by atoms with van der Waals surface area (Å²) in [6.45, 7) is 8.20. The molecule has 0 unspecified atom stereocenters. The van der Waals surface area contributed by atoms with Crippen LogP contribution in [0.5, 0.6) is 0 Å². The number of para-hydroxylation sites is 1. The van der Waals surface area contributed by atoms with Gasteiger partial charge in [0.2, 0.25) is 0 Å². The summed E-state index contributed by atoms with van der Waals surface area (Å²) in [5.74, 6) is 1.63. The van der Waals surface area contributed by atoms with Crippen molar-refractivity contribution in [3.8, 4) is 95.5 Å². The number of anilines is 6. The van der Waals surface area contributed by atoms with Gasteiger partial charge in [0, 0.05) is 67.3 Å². The molecule has 0 saturated heterocycles. The lowest BCUT2D eigenvalue weighted by atomic mass is 9.33.